The molecular formula is C8H8KN2. The van der Waals surface area contributed by atoms with Gasteiger partial charge in [-0.05, 0) is 24.6 Å². The van der Waals surface area contributed by atoms with Gasteiger partial charge in [0.15, 0.2) is 0 Å². The largest absolute Gasteiger partial charge is 0.360 e. The molecule has 2 rings (SSSR count). The first-order chi connectivity index (χ1) is 4.88. The number of rotatable bonds is 0. The molecule has 51 valence electrons. The van der Waals surface area contributed by atoms with Crippen molar-refractivity contribution in [1.82, 2.24) is 9.97 Å². The molecule has 0 atom stereocenters. The van der Waals surface area contributed by atoms with E-state index in [1.807, 2.05) is 31.5 Å². The third-order valence-corrected chi connectivity index (χ3v) is 1.63. The number of H-pyrrole nitrogens is 1. The summed E-state index contributed by atoms with van der Waals surface area (Å²) in [5.74, 6) is 0. The van der Waals surface area contributed by atoms with Crippen molar-refractivity contribution in [2.24, 2.45) is 0 Å². The van der Waals surface area contributed by atoms with Crippen LogP contribution in [0.15, 0.2) is 24.5 Å². The van der Waals surface area contributed by atoms with Gasteiger partial charge < -0.3 is 4.98 Å². The summed E-state index contributed by atoms with van der Waals surface area (Å²) in [6.07, 6.45) is 3.78. The zero-order valence-electron chi connectivity index (χ0n) is 6.76. The summed E-state index contributed by atoms with van der Waals surface area (Å²) in [6, 6.07) is 3.95. The number of aromatic amines is 1. The van der Waals surface area contributed by atoms with E-state index in [1.165, 1.54) is 5.56 Å². The van der Waals surface area contributed by atoms with Crippen molar-refractivity contribution in [3.8, 4) is 0 Å². The maximum absolute atomic E-state index is 4.21. The second-order valence-electron chi connectivity index (χ2n) is 2.37. The van der Waals surface area contributed by atoms with Crippen molar-refractivity contribution in [3.05, 3.63) is 30.1 Å². The van der Waals surface area contributed by atoms with Crippen LogP contribution < -0.4 is 0 Å². The molecule has 2 nitrogen and oxygen atoms in total. The van der Waals surface area contributed by atoms with Gasteiger partial charge in [-0.3, -0.25) is 4.98 Å². The van der Waals surface area contributed by atoms with Gasteiger partial charge in [-0.25, -0.2) is 0 Å². The molecule has 0 bridgehead atoms. The Hall–Kier alpha value is 0.326. The molecule has 0 saturated heterocycles. The predicted molar refractivity (Wildman–Crippen MR) is 46.6 cm³/mol. The van der Waals surface area contributed by atoms with Gasteiger partial charge in [-0.1, -0.05) is 0 Å². The number of fused-ring (bicyclic) bond motifs is 1. The summed E-state index contributed by atoms with van der Waals surface area (Å²) in [7, 11) is 0. The molecule has 0 spiro atoms. The van der Waals surface area contributed by atoms with Crippen LogP contribution in [-0.2, 0) is 0 Å². The summed E-state index contributed by atoms with van der Waals surface area (Å²) in [5, 5.41) is 0. The van der Waals surface area contributed by atoms with Crippen molar-refractivity contribution in [3.63, 3.8) is 0 Å². The van der Waals surface area contributed by atoms with Crippen LogP contribution in [0, 0.1) is 6.92 Å². The minimum absolute atomic E-state index is 0. The fraction of sp³-hybridized carbons (Fsp3) is 0.125. The summed E-state index contributed by atoms with van der Waals surface area (Å²) in [6.45, 7) is 2.05. The number of hydrogen-bond acceptors (Lipinski definition) is 1. The number of aromatic nitrogens is 2. The molecule has 0 saturated carbocycles. The van der Waals surface area contributed by atoms with Gasteiger partial charge in [0.1, 0.15) is 0 Å². The molecule has 0 aliphatic heterocycles. The van der Waals surface area contributed by atoms with Gasteiger partial charge in [0.05, 0.1) is 11.0 Å². The molecule has 0 aromatic carbocycles. The molecule has 0 aliphatic rings. The molecule has 2 heterocycles. The zero-order chi connectivity index (χ0) is 6.97. The predicted octanol–water partition coefficient (Wildman–Crippen LogP) is 1.49. The molecule has 1 N–H and O–H groups in total. The molecule has 11 heavy (non-hydrogen) atoms. The minimum atomic E-state index is 0. The Labute approximate surface area is 108 Å². The van der Waals surface area contributed by atoms with Crippen molar-refractivity contribution in [2.45, 2.75) is 6.92 Å². The van der Waals surface area contributed by atoms with Crippen molar-refractivity contribution in [2.75, 3.05) is 0 Å². The normalized spacial score (nSPS) is 9.55. The van der Waals surface area contributed by atoms with Gasteiger partial charge in [0, 0.05) is 63.8 Å². The quantitative estimate of drug-likeness (QED) is 0.598. The Morgan fingerprint density at radius 2 is 2.27 bits per heavy atom. The summed E-state index contributed by atoms with van der Waals surface area (Å²) < 4.78 is 0. The Kier molecular flexibility index (Phi) is 3.27. The van der Waals surface area contributed by atoms with E-state index in [1.54, 1.807) is 0 Å². The second kappa shape index (κ2) is 3.82. The molecule has 0 amide bonds. The van der Waals surface area contributed by atoms with Crippen molar-refractivity contribution in [1.29, 1.82) is 0 Å². The van der Waals surface area contributed by atoms with Crippen LogP contribution in [0.5, 0.6) is 0 Å². The van der Waals surface area contributed by atoms with E-state index >= 15 is 0 Å². The Morgan fingerprint density at radius 1 is 1.45 bits per heavy atom. The van der Waals surface area contributed by atoms with Gasteiger partial charge in [0.25, 0.3) is 0 Å². The Bertz CT molecular complexity index is 354. The van der Waals surface area contributed by atoms with Crippen LogP contribution in [0.4, 0.5) is 0 Å². The average Bonchev–Trinajstić information content (AvgIpc) is 2.34. The van der Waals surface area contributed by atoms with Crippen LogP contribution in [0.25, 0.3) is 11.0 Å². The number of hydrogen-bond donors (Lipinski definition) is 1. The Morgan fingerprint density at radius 3 is 3.00 bits per heavy atom. The maximum Gasteiger partial charge on any atom is 0.0907 e. The fourth-order valence-electron chi connectivity index (χ4n) is 1.09. The van der Waals surface area contributed by atoms with Crippen molar-refractivity contribution >= 4 is 62.4 Å². The van der Waals surface area contributed by atoms with E-state index < -0.39 is 0 Å². The van der Waals surface area contributed by atoms with Gasteiger partial charge in [-0.15, -0.1) is 0 Å². The molecule has 2 aromatic heterocycles. The standard InChI is InChI=1S/C8H8N2.K/c1-6-5-10-7-3-2-4-9-8(6)7;/h2-5,10H,1H3;. The van der Waals surface area contributed by atoms with Crippen LogP contribution in [-0.4, -0.2) is 61.4 Å². The number of aryl methyl sites for hydroxylation is 1. The molecule has 3 heteroatoms. The van der Waals surface area contributed by atoms with Crippen molar-refractivity contribution < 1.29 is 0 Å². The third kappa shape index (κ3) is 1.73. The molecule has 2 aromatic rings. The Balaban J connectivity index is 0.000000605. The monoisotopic (exact) mass is 171 g/mol. The van der Waals surface area contributed by atoms with Gasteiger partial charge >= 0.3 is 0 Å². The average molecular weight is 171 g/mol. The van der Waals surface area contributed by atoms with Crippen LogP contribution in [0.1, 0.15) is 5.56 Å². The molecule has 0 fully saturated rings. The summed E-state index contributed by atoms with van der Waals surface area (Å²) >= 11 is 0. The van der Waals surface area contributed by atoms with Gasteiger partial charge in [-0.2, -0.15) is 0 Å². The minimum Gasteiger partial charge on any atom is -0.360 e. The van der Waals surface area contributed by atoms with Gasteiger partial charge in [0.2, 0.25) is 0 Å². The van der Waals surface area contributed by atoms with E-state index in [4.69, 9.17) is 0 Å². The molecule has 1 radical (unpaired) electrons. The third-order valence-electron chi connectivity index (χ3n) is 1.63. The zero-order valence-corrected chi connectivity index (χ0v) is 9.88. The number of nitrogens with zero attached hydrogens (tertiary/aromatic N) is 1. The van der Waals surface area contributed by atoms with E-state index in [0.717, 1.165) is 11.0 Å². The summed E-state index contributed by atoms with van der Waals surface area (Å²) in [4.78, 5) is 7.33. The second-order valence-corrected chi connectivity index (χ2v) is 2.37. The van der Waals surface area contributed by atoms with E-state index in [0.29, 0.717) is 0 Å². The van der Waals surface area contributed by atoms with Crippen LogP contribution >= 0.6 is 0 Å². The van der Waals surface area contributed by atoms with Crippen LogP contribution in [0.3, 0.4) is 0 Å². The molecule has 0 aliphatic carbocycles. The molecular weight excluding hydrogens is 163 g/mol. The fourth-order valence-corrected chi connectivity index (χ4v) is 1.09. The number of pyridine rings is 1. The van der Waals surface area contributed by atoms with E-state index in [-0.39, 0.29) is 51.4 Å². The first kappa shape index (κ1) is 9.41. The number of nitrogens with one attached hydrogen (secondary N) is 1. The SMILES string of the molecule is Cc1c[nH]c2cccnc12.[K]. The smallest absolute Gasteiger partial charge is 0.0907 e. The van der Waals surface area contributed by atoms with E-state index in [2.05, 4.69) is 9.97 Å². The maximum atomic E-state index is 4.21. The first-order valence-electron chi connectivity index (χ1n) is 3.26. The van der Waals surface area contributed by atoms with E-state index in [9.17, 15) is 0 Å². The first-order valence-corrected chi connectivity index (χ1v) is 3.26. The topological polar surface area (TPSA) is 28.7 Å². The summed E-state index contributed by atoms with van der Waals surface area (Å²) in [5.41, 5.74) is 3.39. The van der Waals surface area contributed by atoms with Crippen LogP contribution in [0.2, 0.25) is 0 Å². The molecule has 0 unspecified atom stereocenters.